The molecule has 8 nitrogen and oxygen atoms in total. The van der Waals surface area contributed by atoms with Gasteiger partial charge in [-0.25, -0.2) is 0 Å². The maximum Gasteiger partial charge on any atom is 0.243 e. The molecule has 1 saturated heterocycles. The monoisotopic (exact) mass is 383 g/mol. The molecular formula is C19H33N3O5. The first-order valence-corrected chi connectivity index (χ1v) is 9.36. The summed E-state index contributed by atoms with van der Waals surface area (Å²) in [6.07, 6.45) is -1.20. The zero-order valence-electron chi connectivity index (χ0n) is 17.5. The molecule has 0 aromatic heterocycles. The molecule has 1 heterocycles. The van der Waals surface area contributed by atoms with Crippen molar-refractivity contribution >= 4 is 23.5 Å². The summed E-state index contributed by atoms with van der Waals surface area (Å²) in [6, 6.07) is -2.00. The molecule has 5 atom stereocenters. The lowest BCUT2D eigenvalue weighted by Crippen LogP contribution is -2.54. The van der Waals surface area contributed by atoms with E-state index in [1.54, 1.807) is 34.7 Å². The number of ketones is 1. The Morgan fingerprint density at radius 3 is 2.07 bits per heavy atom. The van der Waals surface area contributed by atoms with Crippen LogP contribution in [-0.4, -0.2) is 64.8 Å². The molecule has 0 aromatic carbocycles. The second-order valence-corrected chi connectivity index (χ2v) is 8.28. The third-order valence-corrected chi connectivity index (χ3v) is 5.40. The van der Waals surface area contributed by atoms with E-state index in [9.17, 15) is 24.3 Å². The Kier molecular flexibility index (Phi) is 7.30. The van der Waals surface area contributed by atoms with Gasteiger partial charge in [0.15, 0.2) is 5.78 Å². The van der Waals surface area contributed by atoms with Crippen molar-refractivity contribution in [2.45, 2.75) is 72.7 Å². The van der Waals surface area contributed by atoms with Gasteiger partial charge in [-0.1, -0.05) is 20.8 Å². The number of carbonyl (C=O) groups excluding carboxylic acids is 4. The van der Waals surface area contributed by atoms with E-state index in [1.807, 2.05) is 0 Å². The summed E-state index contributed by atoms with van der Waals surface area (Å²) in [6.45, 7) is 11.4. The van der Waals surface area contributed by atoms with Gasteiger partial charge in [0.05, 0.1) is 24.1 Å². The normalized spacial score (nSPS) is 23.9. The first-order valence-electron chi connectivity index (χ1n) is 9.36. The summed E-state index contributed by atoms with van der Waals surface area (Å²) in [7, 11) is 1.64. The number of rotatable bonds is 7. The Balaban J connectivity index is 3.00. The minimum atomic E-state index is -1.27. The molecule has 0 aliphatic carbocycles. The van der Waals surface area contributed by atoms with Crippen molar-refractivity contribution in [2.24, 2.45) is 17.3 Å². The second kappa shape index (κ2) is 8.48. The van der Waals surface area contributed by atoms with Crippen LogP contribution in [0.5, 0.6) is 0 Å². The van der Waals surface area contributed by atoms with Crippen molar-refractivity contribution in [2.75, 3.05) is 7.05 Å². The minimum absolute atomic E-state index is 0.231. The van der Waals surface area contributed by atoms with E-state index >= 15 is 0 Å². The predicted octanol–water partition coefficient (Wildman–Crippen LogP) is 0.0847. The summed E-state index contributed by atoms with van der Waals surface area (Å²) >= 11 is 0. The molecule has 3 amide bonds. The van der Waals surface area contributed by atoms with Crippen LogP contribution in [0.1, 0.15) is 48.5 Å². The fourth-order valence-electron chi connectivity index (χ4n) is 3.22. The quantitative estimate of drug-likeness (QED) is 0.537. The van der Waals surface area contributed by atoms with E-state index in [1.165, 1.54) is 20.8 Å². The zero-order valence-corrected chi connectivity index (χ0v) is 17.5. The maximum atomic E-state index is 13.0. The molecule has 154 valence electrons. The molecule has 3 N–H and O–H groups in total. The lowest BCUT2D eigenvalue weighted by molar-refractivity contribution is -0.152. The molecule has 1 fully saturated rings. The number of aliphatic hydroxyl groups excluding tert-OH is 1. The van der Waals surface area contributed by atoms with E-state index in [-0.39, 0.29) is 17.6 Å². The van der Waals surface area contributed by atoms with Crippen LogP contribution >= 0.6 is 0 Å². The number of amides is 3. The number of nitrogens with zero attached hydrogens (tertiary/aromatic N) is 1. The fraction of sp³-hybridized carbons (Fsp3) is 0.789. The molecule has 27 heavy (non-hydrogen) atoms. The number of nitrogens with one attached hydrogen (secondary N) is 2. The molecule has 0 unspecified atom stereocenters. The van der Waals surface area contributed by atoms with Gasteiger partial charge in [-0.05, 0) is 40.7 Å². The Labute approximate surface area is 161 Å². The summed E-state index contributed by atoms with van der Waals surface area (Å²) in [4.78, 5) is 51.3. The van der Waals surface area contributed by atoms with E-state index in [2.05, 4.69) is 10.6 Å². The van der Waals surface area contributed by atoms with Gasteiger partial charge in [0, 0.05) is 0 Å². The van der Waals surface area contributed by atoms with Crippen molar-refractivity contribution in [1.29, 1.82) is 0 Å². The van der Waals surface area contributed by atoms with E-state index < -0.39 is 47.4 Å². The van der Waals surface area contributed by atoms with Crippen LogP contribution in [0.15, 0.2) is 0 Å². The van der Waals surface area contributed by atoms with Gasteiger partial charge in [0.25, 0.3) is 0 Å². The smallest absolute Gasteiger partial charge is 0.243 e. The van der Waals surface area contributed by atoms with Crippen molar-refractivity contribution in [3.63, 3.8) is 0 Å². The summed E-state index contributed by atoms with van der Waals surface area (Å²) in [5.74, 6) is -2.94. The van der Waals surface area contributed by atoms with Gasteiger partial charge >= 0.3 is 0 Å². The fourth-order valence-corrected chi connectivity index (χ4v) is 3.22. The molecule has 0 saturated carbocycles. The van der Waals surface area contributed by atoms with Gasteiger partial charge < -0.3 is 15.7 Å². The minimum Gasteiger partial charge on any atom is -0.390 e. The number of likely N-dealkylation sites (N-methyl/N-ethyl adjacent to an activating group) is 1. The molecule has 0 radical (unpaired) electrons. The number of Topliss-reactive ketones (excluding diaryl/α,β-unsaturated/α-hetero) is 1. The Bertz CT molecular complexity index is 616. The lowest BCUT2D eigenvalue weighted by atomic mass is 9.85. The zero-order chi connectivity index (χ0) is 21.3. The average molecular weight is 383 g/mol. The molecule has 1 rings (SSSR count). The van der Waals surface area contributed by atoms with Gasteiger partial charge in [-0.3, -0.25) is 24.1 Å². The van der Waals surface area contributed by atoms with Gasteiger partial charge in [0.1, 0.15) is 11.5 Å². The number of imide groups is 1. The summed E-state index contributed by atoms with van der Waals surface area (Å²) < 4.78 is 0. The Morgan fingerprint density at radius 2 is 1.63 bits per heavy atom. The first-order chi connectivity index (χ1) is 12.3. The Hall–Kier alpha value is -1.80. The highest BCUT2D eigenvalue weighted by atomic mass is 16.3. The molecule has 1 aliphatic rings. The molecule has 1 aliphatic heterocycles. The highest BCUT2D eigenvalue weighted by Crippen LogP contribution is 2.36. The topological polar surface area (TPSA) is 116 Å². The highest BCUT2D eigenvalue weighted by Gasteiger charge is 2.57. The van der Waals surface area contributed by atoms with Gasteiger partial charge in [0.2, 0.25) is 17.7 Å². The SMILES string of the molecule is CN[C@H](C)C(=O)N[C@@H](C)[C@@H](O)[C@@H](C)C(=O)N1C(=O)C(C)(C)C(=O)[C@@H]1C(C)C. The number of likely N-dealkylation sites (tertiary alicyclic amines) is 1. The van der Waals surface area contributed by atoms with Gasteiger partial charge in [-0.2, -0.15) is 0 Å². The van der Waals surface area contributed by atoms with Crippen molar-refractivity contribution in [3.8, 4) is 0 Å². The van der Waals surface area contributed by atoms with Crippen LogP contribution in [0, 0.1) is 17.3 Å². The molecule has 0 aromatic rings. The average Bonchev–Trinajstić information content (AvgIpc) is 2.78. The summed E-state index contributed by atoms with van der Waals surface area (Å²) in [5.41, 5.74) is -1.27. The largest absolute Gasteiger partial charge is 0.390 e. The summed E-state index contributed by atoms with van der Waals surface area (Å²) in [5, 5.41) is 16.0. The highest BCUT2D eigenvalue weighted by molar-refractivity contribution is 6.19. The third kappa shape index (κ3) is 4.38. The van der Waals surface area contributed by atoms with Crippen LogP contribution in [0.25, 0.3) is 0 Å². The third-order valence-electron chi connectivity index (χ3n) is 5.40. The molecule has 8 heteroatoms. The number of hydrogen-bond donors (Lipinski definition) is 3. The van der Waals surface area contributed by atoms with Gasteiger partial charge in [-0.15, -0.1) is 0 Å². The number of hydrogen-bond acceptors (Lipinski definition) is 6. The first kappa shape index (κ1) is 23.2. The maximum absolute atomic E-state index is 13.0. The van der Waals surface area contributed by atoms with E-state index in [0.717, 1.165) is 4.90 Å². The van der Waals surface area contributed by atoms with Crippen LogP contribution in [0.2, 0.25) is 0 Å². The van der Waals surface area contributed by atoms with Crippen molar-refractivity contribution in [1.82, 2.24) is 15.5 Å². The predicted molar refractivity (Wildman–Crippen MR) is 101 cm³/mol. The number of carbonyl (C=O) groups is 4. The lowest BCUT2D eigenvalue weighted by Gasteiger charge is -2.31. The second-order valence-electron chi connectivity index (χ2n) is 8.28. The van der Waals surface area contributed by atoms with E-state index in [0.29, 0.717) is 0 Å². The molecular weight excluding hydrogens is 350 g/mol. The van der Waals surface area contributed by atoms with Crippen LogP contribution in [0.3, 0.4) is 0 Å². The van der Waals surface area contributed by atoms with Crippen molar-refractivity contribution in [3.05, 3.63) is 0 Å². The van der Waals surface area contributed by atoms with Crippen LogP contribution in [0.4, 0.5) is 0 Å². The standard InChI is InChI=1S/C19H33N3O5/c1-9(2)13-15(24)19(6,7)18(27)22(13)17(26)10(3)14(23)11(4)21-16(25)12(5)20-8/h9-14,20,23H,1-8H3,(H,21,25)/t10-,11+,12-,13+,14+/m1/s1. The van der Waals surface area contributed by atoms with E-state index in [4.69, 9.17) is 0 Å². The molecule has 0 bridgehead atoms. The molecule has 0 spiro atoms. The number of aliphatic hydroxyl groups is 1. The Morgan fingerprint density at radius 1 is 1.11 bits per heavy atom. The van der Waals surface area contributed by atoms with Crippen LogP contribution < -0.4 is 10.6 Å². The van der Waals surface area contributed by atoms with Crippen LogP contribution in [-0.2, 0) is 19.2 Å². The van der Waals surface area contributed by atoms with Crippen molar-refractivity contribution < 1.29 is 24.3 Å².